The Morgan fingerprint density at radius 2 is 2.12 bits per heavy atom. The normalized spacial score (nSPS) is 13.0. The van der Waals surface area contributed by atoms with Gasteiger partial charge in [-0.25, -0.2) is 13.1 Å². The molecule has 24 heavy (non-hydrogen) atoms. The van der Waals surface area contributed by atoms with E-state index in [2.05, 4.69) is 9.82 Å². The monoisotopic (exact) mass is 361 g/mol. The second kappa shape index (κ2) is 7.29. The number of hydrogen-bond acceptors (Lipinski definition) is 4. The van der Waals surface area contributed by atoms with Crippen molar-refractivity contribution >= 4 is 21.4 Å². The Kier molecular flexibility index (Phi) is 5.13. The fraction of sp³-hybridized carbons (Fsp3) is 0.235. The molecule has 3 rings (SSSR count). The molecule has 126 valence electrons. The smallest absolute Gasteiger partial charge is 0.215 e. The molecule has 0 radical (unpaired) electrons. The Hall–Kier alpha value is -1.96. The number of rotatable bonds is 7. The summed E-state index contributed by atoms with van der Waals surface area (Å²) >= 11 is 1.59. The molecule has 1 N–H and O–H groups in total. The van der Waals surface area contributed by atoms with Crippen molar-refractivity contribution in [2.45, 2.75) is 18.7 Å². The standard InChI is InChI=1S/C17H19N3O2S2/c1-14-5-2-6-15(11-14)13-24(21,22)19-12-16(17-7-3-10-23-17)20-9-4-8-18-20/h2-11,16,19H,12-13H2,1H3. The van der Waals surface area contributed by atoms with E-state index in [4.69, 9.17) is 0 Å². The molecule has 2 heterocycles. The Balaban J connectivity index is 1.72. The third kappa shape index (κ3) is 4.31. The lowest BCUT2D eigenvalue weighted by Gasteiger charge is -2.17. The molecule has 5 nitrogen and oxygen atoms in total. The van der Waals surface area contributed by atoms with Gasteiger partial charge in [-0.3, -0.25) is 4.68 Å². The Labute approximate surface area is 146 Å². The molecular weight excluding hydrogens is 342 g/mol. The summed E-state index contributed by atoms with van der Waals surface area (Å²) in [6.45, 7) is 2.23. The second-order valence-electron chi connectivity index (χ2n) is 5.61. The highest BCUT2D eigenvalue weighted by Gasteiger charge is 2.19. The maximum atomic E-state index is 12.4. The maximum Gasteiger partial charge on any atom is 0.215 e. The van der Waals surface area contributed by atoms with Gasteiger partial charge in [-0.05, 0) is 30.0 Å². The van der Waals surface area contributed by atoms with E-state index < -0.39 is 10.0 Å². The highest BCUT2D eigenvalue weighted by Crippen LogP contribution is 2.22. The highest BCUT2D eigenvalue weighted by molar-refractivity contribution is 7.88. The van der Waals surface area contributed by atoms with E-state index in [9.17, 15) is 8.42 Å². The summed E-state index contributed by atoms with van der Waals surface area (Å²) in [5.74, 6) is -0.0229. The molecule has 3 aromatic rings. The molecule has 0 bridgehead atoms. The largest absolute Gasteiger partial charge is 0.263 e. The van der Waals surface area contributed by atoms with Crippen LogP contribution in [0.15, 0.2) is 60.2 Å². The number of hydrogen-bond donors (Lipinski definition) is 1. The number of thiophene rings is 1. The van der Waals surface area contributed by atoms with Crippen LogP contribution in [0.5, 0.6) is 0 Å². The molecule has 1 atom stereocenters. The van der Waals surface area contributed by atoms with Crippen molar-refractivity contribution < 1.29 is 8.42 Å². The van der Waals surface area contributed by atoms with Gasteiger partial charge in [-0.15, -0.1) is 11.3 Å². The zero-order valence-electron chi connectivity index (χ0n) is 13.3. The summed E-state index contributed by atoms with van der Waals surface area (Å²) in [4.78, 5) is 1.07. The first-order valence-corrected chi connectivity index (χ1v) is 10.1. The molecule has 1 unspecified atom stereocenters. The lowest BCUT2D eigenvalue weighted by Crippen LogP contribution is -2.32. The number of nitrogens with zero attached hydrogens (tertiary/aromatic N) is 2. The lowest BCUT2D eigenvalue weighted by molar-refractivity contribution is 0.511. The van der Waals surface area contributed by atoms with Crippen LogP contribution in [-0.2, 0) is 15.8 Å². The fourth-order valence-corrected chi connectivity index (χ4v) is 4.50. The average Bonchev–Trinajstić information content (AvgIpc) is 3.20. The van der Waals surface area contributed by atoms with Gasteiger partial charge in [-0.1, -0.05) is 35.9 Å². The average molecular weight is 361 g/mol. The molecule has 2 aromatic heterocycles. The van der Waals surface area contributed by atoms with E-state index in [-0.39, 0.29) is 18.3 Å². The molecular formula is C17H19N3O2S2. The first kappa shape index (κ1) is 16.9. The van der Waals surface area contributed by atoms with Crippen LogP contribution in [0.2, 0.25) is 0 Å². The van der Waals surface area contributed by atoms with Crippen LogP contribution in [0, 0.1) is 6.92 Å². The van der Waals surface area contributed by atoms with Crippen molar-refractivity contribution in [2.24, 2.45) is 0 Å². The van der Waals surface area contributed by atoms with Gasteiger partial charge in [0.25, 0.3) is 0 Å². The Bertz CT molecular complexity index is 838. The topological polar surface area (TPSA) is 64.0 Å². The van der Waals surface area contributed by atoms with E-state index in [1.54, 1.807) is 22.2 Å². The number of aryl methyl sites for hydroxylation is 1. The van der Waals surface area contributed by atoms with E-state index in [0.29, 0.717) is 0 Å². The Morgan fingerprint density at radius 1 is 1.25 bits per heavy atom. The molecule has 0 aliphatic heterocycles. The summed E-state index contributed by atoms with van der Waals surface area (Å²) in [5, 5.41) is 6.24. The molecule has 0 saturated heterocycles. The molecule has 0 amide bonds. The molecule has 0 fully saturated rings. The van der Waals surface area contributed by atoms with Crippen LogP contribution >= 0.6 is 11.3 Å². The third-order valence-corrected chi connectivity index (χ3v) is 5.94. The predicted molar refractivity (Wildman–Crippen MR) is 96.5 cm³/mol. The molecule has 0 saturated carbocycles. The van der Waals surface area contributed by atoms with Crippen molar-refractivity contribution in [3.8, 4) is 0 Å². The molecule has 0 aliphatic rings. The predicted octanol–water partition coefficient (Wildman–Crippen LogP) is 2.96. The highest BCUT2D eigenvalue weighted by atomic mass is 32.2. The van der Waals surface area contributed by atoms with Crippen molar-refractivity contribution in [3.63, 3.8) is 0 Å². The quantitative estimate of drug-likeness (QED) is 0.704. The van der Waals surface area contributed by atoms with E-state index in [1.807, 2.05) is 61.0 Å². The van der Waals surface area contributed by atoms with Crippen molar-refractivity contribution in [1.29, 1.82) is 0 Å². The maximum absolute atomic E-state index is 12.4. The van der Waals surface area contributed by atoms with E-state index >= 15 is 0 Å². The molecule has 1 aromatic carbocycles. The number of benzene rings is 1. The third-order valence-electron chi connectivity index (χ3n) is 3.65. The molecule has 7 heteroatoms. The molecule has 0 aliphatic carbocycles. The van der Waals surface area contributed by atoms with Crippen LogP contribution in [0.4, 0.5) is 0 Å². The molecule has 0 spiro atoms. The van der Waals surface area contributed by atoms with Gasteiger partial charge in [-0.2, -0.15) is 5.10 Å². The SMILES string of the molecule is Cc1cccc(CS(=O)(=O)NCC(c2cccs2)n2cccn2)c1. The van der Waals surface area contributed by atoms with Crippen LogP contribution < -0.4 is 4.72 Å². The van der Waals surface area contributed by atoms with Crippen molar-refractivity contribution in [2.75, 3.05) is 6.54 Å². The number of nitrogens with one attached hydrogen (secondary N) is 1. The van der Waals surface area contributed by atoms with Gasteiger partial charge >= 0.3 is 0 Å². The zero-order valence-corrected chi connectivity index (χ0v) is 14.9. The summed E-state index contributed by atoms with van der Waals surface area (Å²) in [6, 6.07) is 13.2. The van der Waals surface area contributed by atoms with Crippen LogP contribution in [0.3, 0.4) is 0 Å². The van der Waals surface area contributed by atoms with Crippen molar-refractivity contribution in [1.82, 2.24) is 14.5 Å². The second-order valence-corrected chi connectivity index (χ2v) is 8.40. The minimum atomic E-state index is -3.42. The Morgan fingerprint density at radius 3 is 2.79 bits per heavy atom. The summed E-state index contributed by atoms with van der Waals surface area (Å²) in [7, 11) is -3.42. The minimum Gasteiger partial charge on any atom is -0.263 e. The lowest BCUT2D eigenvalue weighted by atomic mass is 10.2. The van der Waals surface area contributed by atoms with Gasteiger partial charge in [0.05, 0.1) is 11.8 Å². The van der Waals surface area contributed by atoms with Crippen molar-refractivity contribution in [3.05, 3.63) is 76.2 Å². The van der Waals surface area contributed by atoms with Gasteiger partial charge in [0.15, 0.2) is 0 Å². The minimum absolute atomic E-state index is 0.0229. The summed E-state index contributed by atoms with van der Waals surface area (Å²) < 4.78 is 29.3. The first-order valence-electron chi connectivity index (χ1n) is 7.59. The number of aromatic nitrogens is 2. The first-order chi connectivity index (χ1) is 11.5. The van der Waals surface area contributed by atoms with E-state index in [1.165, 1.54) is 0 Å². The fourth-order valence-electron chi connectivity index (χ4n) is 2.55. The van der Waals surface area contributed by atoms with Crippen LogP contribution in [0.25, 0.3) is 0 Å². The van der Waals surface area contributed by atoms with Gasteiger partial charge in [0.2, 0.25) is 10.0 Å². The van der Waals surface area contributed by atoms with Crippen LogP contribution in [0.1, 0.15) is 22.0 Å². The summed E-state index contributed by atoms with van der Waals surface area (Å²) in [6.07, 6.45) is 3.54. The van der Waals surface area contributed by atoms with Gasteiger partial charge in [0, 0.05) is 23.8 Å². The van der Waals surface area contributed by atoms with Gasteiger partial charge < -0.3 is 0 Å². The number of sulfonamides is 1. The van der Waals surface area contributed by atoms with Crippen LogP contribution in [-0.4, -0.2) is 24.7 Å². The van der Waals surface area contributed by atoms with E-state index in [0.717, 1.165) is 16.0 Å². The summed E-state index contributed by atoms with van der Waals surface area (Å²) in [5.41, 5.74) is 1.84. The zero-order chi connectivity index (χ0) is 17.0. The van der Waals surface area contributed by atoms with Gasteiger partial charge in [0.1, 0.15) is 0 Å².